The number of esters is 1. The molecular formula is C21H41NO3. The number of nitrogens with zero attached hydrogens (tertiary/aromatic N) is 1. The first kappa shape index (κ1) is 22.4. The summed E-state index contributed by atoms with van der Waals surface area (Å²) in [6.07, 6.45) is 16.4. The summed E-state index contributed by atoms with van der Waals surface area (Å²) in [4.78, 5) is 14.4. The van der Waals surface area contributed by atoms with Gasteiger partial charge in [0.05, 0.1) is 0 Å². The van der Waals surface area contributed by atoms with E-state index < -0.39 is 0 Å². The molecule has 0 radical (unpaired) electrons. The number of ether oxygens (including phenoxy) is 1. The first-order chi connectivity index (χ1) is 12.2. The number of hydrogen-bond acceptors (Lipinski definition) is 4. The van der Waals surface area contributed by atoms with Gasteiger partial charge in [-0.3, -0.25) is 9.69 Å². The number of rotatable bonds is 15. The van der Waals surface area contributed by atoms with Gasteiger partial charge in [0.25, 0.3) is 0 Å². The van der Waals surface area contributed by atoms with Gasteiger partial charge in [-0.2, -0.15) is 0 Å². The van der Waals surface area contributed by atoms with Crippen LogP contribution in [0.5, 0.6) is 0 Å². The minimum atomic E-state index is -0.111. The molecule has 0 aliphatic carbocycles. The van der Waals surface area contributed by atoms with Crippen LogP contribution in [0.15, 0.2) is 0 Å². The maximum absolute atomic E-state index is 12.3. The Bertz CT molecular complexity index is 335. The van der Waals surface area contributed by atoms with Crippen LogP contribution in [0, 0.1) is 0 Å². The van der Waals surface area contributed by atoms with Crippen LogP contribution in [-0.4, -0.2) is 48.3 Å². The van der Waals surface area contributed by atoms with Crippen LogP contribution in [0.4, 0.5) is 0 Å². The fourth-order valence-corrected chi connectivity index (χ4v) is 3.72. The first-order valence-corrected chi connectivity index (χ1v) is 10.7. The van der Waals surface area contributed by atoms with Gasteiger partial charge in [0.1, 0.15) is 12.1 Å². The van der Waals surface area contributed by atoms with Gasteiger partial charge in [-0.05, 0) is 39.3 Å². The number of likely N-dealkylation sites (tertiary alicyclic amines) is 1. The van der Waals surface area contributed by atoms with Crippen molar-refractivity contribution < 1.29 is 14.6 Å². The minimum absolute atomic E-state index is 0.0751. The summed E-state index contributed by atoms with van der Waals surface area (Å²) < 4.78 is 5.69. The van der Waals surface area contributed by atoms with E-state index in [4.69, 9.17) is 4.74 Å². The van der Waals surface area contributed by atoms with Crippen LogP contribution in [0.25, 0.3) is 0 Å². The van der Waals surface area contributed by atoms with Gasteiger partial charge in [0, 0.05) is 13.0 Å². The topological polar surface area (TPSA) is 49.8 Å². The maximum Gasteiger partial charge on any atom is 0.323 e. The Labute approximate surface area is 155 Å². The second kappa shape index (κ2) is 14.5. The molecule has 1 aliphatic heterocycles. The predicted octanol–water partition coefficient (Wildman–Crippen LogP) is 4.69. The maximum atomic E-state index is 12.3. The van der Waals surface area contributed by atoms with E-state index in [1.165, 1.54) is 57.8 Å². The molecule has 2 atom stereocenters. The van der Waals surface area contributed by atoms with Crippen molar-refractivity contribution in [2.24, 2.45) is 0 Å². The summed E-state index contributed by atoms with van der Waals surface area (Å²) in [5.74, 6) is -0.0921. The molecule has 1 N–H and O–H groups in total. The van der Waals surface area contributed by atoms with E-state index in [1.807, 2.05) is 7.05 Å². The summed E-state index contributed by atoms with van der Waals surface area (Å²) in [5.41, 5.74) is 0. The van der Waals surface area contributed by atoms with E-state index in [9.17, 15) is 9.90 Å². The lowest BCUT2D eigenvalue weighted by Gasteiger charge is -2.22. The molecule has 0 aromatic heterocycles. The van der Waals surface area contributed by atoms with Gasteiger partial charge in [0.2, 0.25) is 0 Å². The Balaban J connectivity index is 2.07. The molecule has 1 aliphatic rings. The van der Waals surface area contributed by atoms with Crippen molar-refractivity contribution >= 4 is 5.97 Å². The second-order valence-corrected chi connectivity index (χ2v) is 7.68. The molecule has 0 aromatic carbocycles. The number of unbranched alkanes of at least 4 members (excludes halogenated alkanes) is 9. The molecule has 4 nitrogen and oxygen atoms in total. The summed E-state index contributed by atoms with van der Waals surface area (Å²) in [6.45, 7) is 3.33. The van der Waals surface area contributed by atoms with Crippen LogP contribution < -0.4 is 0 Å². The highest BCUT2D eigenvalue weighted by atomic mass is 16.5. The lowest BCUT2D eigenvalue weighted by atomic mass is 10.0. The van der Waals surface area contributed by atoms with Crippen molar-refractivity contribution in [1.82, 2.24) is 4.90 Å². The third-order valence-corrected chi connectivity index (χ3v) is 5.41. The van der Waals surface area contributed by atoms with Gasteiger partial charge < -0.3 is 9.84 Å². The van der Waals surface area contributed by atoms with Crippen LogP contribution in [0.3, 0.4) is 0 Å². The quantitative estimate of drug-likeness (QED) is 0.342. The predicted molar refractivity (Wildman–Crippen MR) is 104 cm³/mol. The molecule has 2 unspecified atom stereocenters. The lowest BCUT2D eigenvalue weighted by Crippen LogP contribution is -2.36. The Hall–Kier alpha value is -0.610. The first-order valence-electron chi connectivity index (χ1n) is 10.7. The molecule has 0 bridgehead atoms. The number of carbonyl (C=O) groups is 1. The summed E-state index contributed by atoms with van der Waals surface area (Å²) in [7, 11) is 1.99. The van der Waals surface area contributed by atoms with Crippen molar-refractivity contribution in [3.05, 3.63) is 0 Å². The third kappa shape index (κ3) is 10.2. The van der Waals surface area contributed by atoms with Crippen molar-refractivity contribution in [3.63, 3.8) is 0 Å². The highest BCUT2D eigenvalue weighted by Gasteiger charge is 2.30. The van der Waals surface area contributed by atoms with E-state index in [0.717, 1.165) is 32.2 Å². The lowest BCUT2D eigenvalue weighted by molar-refractivity contribution is -0.155. The molecule has 0 spiro atoms. The van der Waals surface area contributed by atoms with E-state index in [-0.39, 0.29) is 24.7 Å². The Morgan fingerprint density at radius 1 is 1.04 bits per heavy atom. The van der Waals surface area contributed by atoms with E-state index in [1.54, 1.807) is 0 Å². The van der Waals surface area contributed by atoms with E-state index in [2.05, 4.69) is 11.8 Å². The van der Waals surface area contributed by atoms with Gasteiger partial charge in [0.15, 0.2) is 0 Å². The number of hydrogen-bond donors (Lipinski definition) is 1. The van der Waals surface area contributed by atoms with Crippen molar-refractivity contribution in [1.29, 1.82) is 0 Å². The normalized spacial score (nSPS) is 19.2. The van der Waals surface area contributed by atoms with Crippen LogP contribution in [0.2, 0.25) is 0 Å². The molecule has 1 rings (SSSR count). The van der Waals surface area contributed by atoms with Gasteiger partial charge >= 0.3 is 5.97 Å². The Morgan fingerprint density at radius 3 is 2.16 bits per heavy atom. The number of carbonyl (C=O) groups excluding carboxylic acids is 1. The summed E-state index contributed by atoms with van der Waals surface area (Å²) in [6, 6.07) is -0.0751. The van der Waals surface area contributed by atoms with Crippen molar-refractivity contribution in [2.45, 2.75) is 109 Å². The molecule has 25 heavy (non-hydrogen) atoms. The zero-order valence-electron chi connectivity index (χ0n) is 16.7. The van der Waals surface area contributed by atoms with Crippen molar-refractivity contribution in [2.75, 3.05) is 20.2 Å². The largest absolute Gasteiger partial charge is 0.461 e. The molecular weight excluding hydrogens is 314 g/mol. The van der Waals surface area contributed by atoms with Crippen molar-refractivity contribution in [3.8, 4) is 0 Å². The monoisotopic (exact) mass is 355 g/mol. The highest BCUT2D eigenvalue weighted by Crippen LogP contribution is 2.19. The molecule has 1 heterocycles. The number of aliphatic hydroxyl groups is 1. The van der Waals surface area contributed by atoms with Gasteiger partial charge in [-0.15, -0.1) is 0 Å². The summed E-state index contributed by atoms with van der Waals surface area (Å²) >= 11 is 0. The zero-order valence-corrected chi connectivity index (χ0v) is 16.7. The second-order valence-electron chi connectivity index (χ2n) is 7.68. The molecule has 148 valence electrons. The van der Waals surface area contributed by atoms with Crippen LogP contribution in [0.1, 0.15) is 96.8 Å². The average Bonchev–Trinajstić information content (AvgIpc) is 3.02. The highest BCUT2D eigenvalue weighted by molar-refractivity contribution is 5.76. The van der Waals surface area contributed by atoms with Crippen LogP contribution in [-0.2, 0) is 9.53 Å². The fraction of sp³-hybridized carbons (Fsp3) is 0.952. The van der Waals surface area contributed by atoms with Crippen LogP contribution >= 0.6 is 0 Å². The smallest absolute Gasteiger partial charge is 0.323 e. The zero-order chi connectivity index (χ0) is 18.3. The number of aliphatic hydroxyl groups excluding tert-OH is 1. The average molecular weight is 356 g/mol. The Kier molecular flexibility index (Phi) is 13.1. The van der Waals surface area contributed by atoms with E-state index in [0.29, 0.717) is 6.42 Å². The van der Waals surface area contributed by atoms with E-state index >= 15 is 0 Å². The fourth-order valence-electron chi connectivity index (χ4n) is 3.72. The number of likely N-dealkylation sites (N-methyl/N-ethyl adjacent to an activating group) is 1. The van der Waals surface area contributed by atoms with Gasteiger partial charge in [-0.1, -0.05) is 64.7 Å². The SMILES string of the molecule is CCCCCCCCCCCCC(CCO)OC(=O)C1CCCN1C. The molecule has 0 aromatic rings. The molecule has 1 fully saturated rings. The molecule has 0 saturated carbocycles. The molecule has 4 heteroatoms. The summed E-state index contributed by atoms with van der Waals surface area (Å²) in [5, 5.41) is 9.23. The molecule has 0 amide bonds. The minimum Gasteiger partial charge on any atom is -0.461 e. The third-order valence-electron chi connectivity index (χ3n) is 5.41. The molecule has 1 saturated heterocycles. The Morgan fingerprint density at radius 2 is 1.64 bits per heavy atom. The van der Waals surface area contributed by atoms with Gasteiger partial charge in [-0.25, -0.2) is 0 Å². The standard InChI is InChI=1S/C21H41NO3/c1-3-4-5-6-7-8-9-10-11-12-14-19(16-18-23)25-21(24)20-15-13-17-22(20)2/h19-20,23H,3-18H2,1-2H3.